The van der Waals surface area contributed by atoms with E-state index in [4.69, 9.17) is 21.4 Å². The van der Waals surface area contributed by atoms with Gasteiger partial charge in [-0.2, -0.15) is 0 Å². The fourth-order valence-corrected chi connectivity index (χ4v) is 1.53. The molecule has 1 aromatic rings. The fraction of sp³-hybridized carbons (Fsp3) is 0.333. The number of alkyl halides is 1. The highest BCUT2D eigenvalue weighted by molar-refractivity contribution is 6.19. The van der Waals surface area contributed by atoms with Crippen molar-refractivity contribution in [2.45, 2.75) is 18.4 Å². The van der Waals surface area contributed by atoms with E-state index in [1.165, 1.54) is 0 Å². The van der Waals surface area contributed by atoms with Crippen LogP contribution in [-0.2, 0) is 6.42 Å². The minimum Gasteiger partial charge on any atom is -0.508 e. The zero-order valence-corrected chi connectivity index (χ0v) is 7.21. The summed E-state index contributed by atoms with van der Waals surface area (Å²) in [6, 6.07) is 5.13. The number of ether oxygens (including phenoxy) is 1. The summed E-state index contributed by atoms with van der Waals surface area (Å²) >= 11 is 5.79. The molecule has 1 unspecified atom stereocenters. The monoisotopic (exact) mass is 184 g/mol. The van der Waals surface area contributed by atoms with Crippen molar-refractivity contribution in [1.82, 2.24) is 0 Å². The third-order valence-corrected chi connectivity index (χ3v) is 2.25. The Labute approximate surface area is 75.7 Å². The van der Waals surface area contributed by atoms with Gasteiger partial charge < -0.3 is 9.84 Å². The number of aryl methyl sites for hydroxylation is 1. The first-order chi connectivity index (χ1) is 5.75. The van der Waals surface area contributed by atoms with Gasteiger partial charge in [-0.3, -0.25) is 0 Å². The molecule has 0 fully saturated rings. The minimum absolute atomic E-state index is 0.222. The first-order valence-corrected chi connectivity index (χ1v) is 4.32. The third kappa shape index (κ3) is 1.34. The van der Waals surface area contributed by atoms with Gasteiger partial charge in [0.15, 0.2) is 5.56 Å². The highest BCUT2D eigenvalue weighted by Crippen LogP contribution is 2.31. The number of aromatic hydroxyl groups is 1. The Kier molecular flexibility index (Phi) is 1.85. The Hall–Kier alpha value is -0.890. The molecule has 0 aromatic heterocycles. The van der Waals surface area contributed by atoms with E-state index in [9.17, 15) is 0 Å². The SMILES string of the molecule is Oc1ccc2c(c1)OC(Cl)CC2. The molecule has 0 saturated heterocycles. The van der Waals surface area contributed by atoms with Crippen LogP contribution in [0.25, 0.3) is 0 Å². The average molecular weight is 185 g/mol. The van der Waals surface area contributed by atoms with Crippen molar-refractivity contribution in [3.05, 3.63) is 23.8 Å². The minimum atomic E-state index is -0.251. The number of hydrogen-bond acceptors (Lipinski definition) is 2. The fourth-order valence-electron chi connectivity index (χ4n) is 1.33. The predicted molar refractivity (Wildman–Crippen MR) is 46.7 cm³/mol. The second kappa shape index (κ2) is 2.87. The average Bonchev–Trinajstić information content (AvgIpc) is 2.03. The Morgan fingerprint density at radius 3 is 3.17 bits per heavy atom. The molecule has 1 heterocycles. The van der Waals surface area contributed by atoms with Crippen LogP contribution >= 0.6 is 11.6 Å². The molecule has 3 heteroatoms. The molecular weight excluding hydrogens is 176 g/mol. The van der Waals surface area contributed by atoms with Gasteiger partial charge in [-0.25, -0.2) is 0 Å². The summed E-state index contributed by atoms with van der Waals surface area (Å²) in [5.41, 5.74) is 0.865. The summed E-state index contributed by atoms with van der Waals surface area (Å²) in [6.45, 7) is 0. The van der Waals surface area contributed by atoms with E-state index in [2.05, 4.69) is 0 Å². The van der Waals surface area contributed by atoms with E-state index >= 15 is 0 Å². The van der Waals surface area contributed by atoms with Crippen LogP contribution in [-0.4, -0.2) is 10.7 Å². The molecule has 1 aromatic carbocycles. The quantitative estimate of drug-likeness (QED) is 0.627. The van der Waals surface area contributed by atoms with Crippen molar-refractivity contribution in [3.8, 4) is 11.5 Å². The zero-order valence-electron chi connectivity index (χ0n) is 6.46. The molecular formula is C9H9ClO2. The lowest BCUT2D eigenvalue weighted by Crippen LogP contribution is -2.16. The second-order valence-electron chi connectivity index (χ2n) is 2.86. The second-order valence-corrected chi connectivity index (χ2v) is 3.35. The summed E-state index contributed by atoms with van der Waals surface area (Å²) in [5, 5.41) is 9.15. The molecule has 1 N–H and O–H groups in total. The molecule has 1 aliphatic heterocycles. The molecule has 64 valence electrons. The number of phenols is 1. The lowest BCUT2D eigenvalue weighted by molar-refractivity contribution is 0.248. The highest BCUT2D eigenvalue weighted by Gasteiger charge is 2.17. The Bertz CT molecular complexity index is 299. The van der Waals surface area contributed by atoms with Crippen molar-refractivity contribution in [2.24, 2.45) is 0 Å². The Balaban J connectivity index is 2.37. The molecule has 1 aliphatic rings. The van der Waals surface area contributed by atoms with E-state index in [1.807, 2.05) is 6.07 Å². The van der Waals surface area contributed by atoms with Gasteiger partial charge in [0.05, 0.1) is 0 Å². The van der Waals surface area contributed by atoms with Crippen molar-refractivity contribution >= 4 is 11.6 Å². The topological polar surface area (TPSA) is 29.5 Å². The molecule has 0 aliphatic carbocycles. The van der Waals surface area contributed by atoms with Gasteiger partial charge in [0.25, 0.3) is 0 Å². The summed E-state index contributed by atoms with van der Waals surface area (Å²) in [6.07, 6.45) is 1.75. The van der Waals surface area contributed by atoms with Crippen molar-refractivity contribution in [3.63, 3.8) is 0 Å². The number of halogens is 1. The molecule has 2 rings (SSSR count). The molecule has 1 atom stereocenters. The summed E-state index contributed by atoms with van der Waals surface area (Å²) in [4.78, 5) is 0. The van der Waals surface area contributed by atoms with Crippen molar-refractivity contribution in [1.29, 1.82) is 0 Å². The van der Waals surface area contributed by atoms with Crippen LogP contribution in [0, 0.1) is 0 Å². The largest absolute Gasteiger partial charge is 0.508 e. The number of rotatable bonds is 0. The molecule has 12 heavy (non-hydrogen) atoms. The standard InChI is InChI=1S/C9H9ClO2/c10-9-4-2-6-1-3-7(11)5-8(6)12-9/h1,3,5,9,11H,2,4H2. The van der Waals surface area contributed by atoms with E-state index < -0.39 is 0 Å². The third-order valence-electron chi connectivity index (χ3n) is 1.95. The maximum Gasteiger partial charge on any atom is 0.172 e. The van der Waals surface area contributed by atoms with Gasteiger partial charge in [-0.05, 0) is 18.1 Å². The molecule has 0 amide bonds. The van der Waals surface area contributed by atoms with Gasteiger partial charge in [0.1, 0.15) is 11.5 Å². The van der Waals surface area contributed by atoms with Crippen LogP contribution in [0.4, 0.5) is 0 Å². The smallest absolute Gasteiger partial charge is 0.172 e. The maximum atomic E-state index is 9.15. The maximum absolute atomic E-state index is 9.15. The van der Waals surface area contributed by atoms with Gasteiger partial charge >= 0.3 is 0 Å². The van der Waals surface area contributed by atoms with E-state index in [1.54, 1.807) is 12.1 Å². The summed E-state index contributed by atoms with van der Waals surface area (Å²) < 4.78 is 5.32. The Morgan fingerprint density at radius 1 is 1.50 bits per heavy atom. The van der Waals surface area contributed by atoms with Crippen molar-refractivity contribution < 1.29 is 9.84 Å². The van der Waals surface area contributed by atoms with Crippen LogP contribution in [0.1, 0.15) is 12.0 Å². The highest BCUT2D eigenvalue weighted by atomic mass is 35.5. The van der Waals surface area contributed by atoms with Crippen LogP contribution in [0.3, 0.4) is 0 Å². The predicted octanol–water partition coefficient (Wildman–Crippen LogP) is 2.28. The molecule has 0 saturated carbocycles. The Morgan fingerprint density at radius 2 is 2.33 bits per heavy atom. The van der Waals surface area contributed by atoms with Crippen LogP contribution in [0.15, 0.2) is 18.2 Å². The molecule has 0 spiro atoms. The zero-order chi connectivity index (χ0) is 8.55. The number of phenolic OH excluding ortho intramolecular Hbond substituents is 1. The summed E-state index contributed by atoms with van der Waals surface area (Å²) in [7, 11) is 0. The van der Waals surface area contributed by atoms with E-state index in [0.717, 1.165) is 18.4 Å². The number of benzene rings is 1. The lowest BCUT2D eigenvalue weighted by Gasteiger charge is -2.21. The van der Waals surface area contributed by atoms with Gasteiger partial charge in [-0.15, -0.1) is 0 Å². The van der Waals surface area contributed by atoms with E-state index in [-0.39, 0.29) is 11.3 Å². The molecule has 0 bridgehead atoms. The summed E-state index contributed by atoms with van der Waals surface area (Å²) in [5.74, 6) is 0.931. The molecule has 2 nitrogen and oxygen atoms in total. The van der Waals surface area contributed by atoms with Gasteiger partial charge in [0, 0.05) is 12.5 Å². The molecule has 0 radical (unpaired) electrons. The lowest BCUT2D eigenvalue weighted by atomic mass is 10.1. The van der Waals surface area contributed by atoms with Crippen LogP contribution in [0.2, 0.25) is 0 Å². The normalized spacial score (nSPS) is 21.2. The van der Waals surface area contributed by atoms with E-state index in [0.29, 0.717) is 5.75 Å². The first kappa shape index (κ1) is 7.74. The number of hydrogen-bond donors (Lipinski definition) is 1. The first-order valence-electron chi connectivity index (χ1n) is 3.88. The van der Waals surface area contributed by atoms with Gasteiger partial charge in [0.2, 0.25) is 0 Å². The van der Waals surface area contributed by atoms with Crippen LogP contribution in [0.5, 0.6) is 11.5 Å². The van der Waals surface area contributed by atoms with Crippen molar-refractivity contribution in [2.75, 3.05) is 0 Å². The number of fused-ring (bicyclic) bond motifs is 1. The van der Waals surface area contributed by atoms with Crippen LogP contribution < -0.4 is 4.74 Å². The van der Waals surface area contributed by atoms with Gasteiger partial charge in [-0.1, -0.05) is 17.7 Å².